The summed E-state index contributed by atoms with van der Waals surface area (Å²) >= 11 is 0. The third-order valence-corrected chi connectivity index (χ3v) is 3.03. The molecule has 7 heteroatoms. The molecule has 0 unspecified atom stereocenters. The van der Waals surface area contributed by atoms with E-state index in [9.17, 15) is 10.1 Å². The molecule has 3 rings (SSSR count). The molecule has 0 atom stereocenters. The standard InChI is InChI=1S/C12H12N4O3/c17-16(18)10-1-2-12-11(5-10)15(3-4-19-12)7-9-6-13-8-14-9/h1-2,5-6,8H,3-4,7H2,(H,13,14). The molecule has 2 heterocycles. The molecule has 1 aromatic carbocycles. The van der Waals surface area contributed by atoms with Gasteiger partial charge in [-0.1, -0.05) is 0 Å². The van der Waals surface area contributed by atoms with Crippen LogP contribution in [0.2, 0.25) is 0 Å². The van der Waals surface area contributed by atoms with Gasteiger partial charge < -0.3 is 14.6 Å². The van der Waals surface area contributed by atoms with Crippen LogP contribution in [-0.4, -0.2) is 28.0 Å². The molecule has 0 radical (unpaired) electrons. The van der Waals surface area contributed by atoms with Crippen LogP contribution in [0.25, 0.3) is 0 Å². The quantitative estimate of drug-likeness (QED) is 0.671. The fraction of sp³-hybridized carbons (Fsp3) is 0.250. The first-order chi connectivity index (χ1) is 9.24. The number of nitro groups is 1. The Morgan fingerprint density at radius 1 is 1.53 bits per heavy atom. The Kier molecular flexibility index (Phi) is 2.79. The zero-order valence-corrected chi connectivity index (χ0v) is 10.1. The fourth-order valence-corrected chi connectivity index (χ4v) is 2.12. The summed E-state index contributed by atoms with van der Waals surface area (Å²) in [6.45, 7) is 1.88. The second-order valence-corrected chi connectivity index (χ2v) is 4.26. The highest BCUT2D eigenvalue weighted by molar-refractivity contribution is 5.64. The van der Waals surface area contributed by atoms with E-state index in [0.29, 0.717) is 25.4 Å². The van der Waals surface area contributed by atoms with Gasteiger partial charge in [0.1, 0.15) is 12.4 Å². The number of fused-ring (bicyclic) bond motifs is 1. The monoisotopic (exact) mass is 260 g/mol. The molecular weight excluding hydrogens is 248 g/mol. The Morgan fingerprint density at radius 3 is 3.16 bits per heavy atom. The summed E-state index contributed by atoms with van der Waals surface area (Å²) in [7, 11) is 0. The number of hydrogen-bond donors (Lipinski definition) is 1. The van der Waals surface area contributed by atoms with Gasteiger partial charge in [-0.25, -0.2) is 4.98 Å². The maximum Gasteiger partial charge on any atom is 0.271 e. The number of ether oxygens (including phenoxy) is 1. The fourth-order valence-electron chi connectivity index (χ4n) is 2.12. The minimum atomic E-state index is -0.400. The molecule has 1 N–H and O–H groups in total. The Hall–Kier alpha value is -2.57. The normalized spacial score (nSPS) is 13.8. The van der Waals surface area contributed by atoms with Crippen LogP contribution in [0.5, 0.6) is 5.75 Å². The van der Waals surface area contributed by atoms with Crippen LogP contribution in [0.3, 0.4) is 0 Å². The van der Waals surface area contributed by atoms with Crippen molar-refractivity contribution in [1.82, 2.24) is 9.97 Å². The number of aromatic nitrogens is 2. The molecule has 1 aromatic heterocycles. The number of anilines is 1. The maximum atomic E-state index is 10.8. The van der Waals surface area contributed by atoms with E-state index in [-0.39, 0.29) is 5.69 Å². The summed E-state index contributed by atoms with van der Waals surface area (Å²) in [5.74, 6) is 0.677. The smallest absolute Gasteiger partial charge is 0.271 e. The molecule has 98 valence electrons. The van der Waals surface area contributed by atoms with Crippen LogP contribution in [-0.2, 0) is 6.54 Å². The number of hydrogen-bond acceptors (Lipinski definition) is 5. The van der Waals surface area contributed by atoms with Crippen molar-refractivity contribution in [2.45, 2.75) is 6.54 Å². The van der Waals surface area contributed by atoms with Crippen molar-refractivity contribution in [2.75, 3.05) is 18.1 Å². The average molecular weight is 260 g/mol. The highest BCUT2D eigenvalue weighted by Gasteiger charge is 2.21. The lowest BCUT2D eigenvalue weighted by Crippen LogP contribution is -2.32. The van der Waals surface area contributed by atoms with Gasteiger partial charge in [0.05, 0.1) is 35.7 Å². The van der Waals surface area contributed by atoms with Gasteiger partial charge in [0.25, 0.3) is 5.69 Å². The summed E-state index contributed by atoms with van der Waals surface area (Å²) in [6.07, 6.45) is 3.36. The van der Waals surface area contributed by atoms with E-state index >= 15 is 0 Å². The largest absolute Gasteiger partial charge is 0.490 e. The zero-order valence-electron chi connectivity index (χ0n) is 10.1. The van der Waals surface area contributed by atoms with Crippen molar-refractivity contribution >= 4 is 11.4 Å². The lowest BCUT2D eigenvalue weighted by Gasteiger charge is -2.30. The number of non-ortho nitro benzene ring substituents is 1. The molecule has 0 bridgehead atoms. The first-order valence-electron chi connectivity index (χ1n) is 5.87. The lowest BCUT2D eigenvalue weighted by atomic mass is 10.2. The van der Waals surface area contributed by atoms with Gasteiger partial charge in [0.2, 0.25) is 0 Å². The minimum absolute atomic E-state index is 0.0684. The van der Waals surface area contributed by atoms with Crippen LogP contribution in [0.15, 0.2) is 30.7 Å². The topological polar surface area (TPSA) is 84.3 Å². The number of H-pyrrole nitrogens is 1. The zero-order chi connectivity index (χ0) is 13.2. The van der Waals surface area contributed by atoms with Crippen molar-refractivity contribution in [3.63, 3.8) is 0 Å². The van der Waals surface area contributed by atoms with E-state index in [0.717, 1.165) is 11.4 Å². The molecule has 0 spiro atoms. The highest BCUT2D eigenvalue weighted by atomic mass is 16.6. The number of nitrogens with zero attached hydrogens (tertiary/aromatic N) is 3. The third-order valence-electron chi connectivity index (χ3n) is 3.03. The molecule has 19 heavy (non-hydrogen) atoms. The Morgan fingerprint density at radius 2 is 2.42 bits per heavy atom. The summed E-state index contributed by atoms with van der Waals surface area (Å²) in [4.78, 5) is 19.5. The highest BCUT2D eigenvalue weighted by Crippen LogP contribution is 2.35. The predicted octanol–water partition coefficient (Wildman–Crippen LogP) is 1.72. The Bertz CT molecular complexity index is 597. The predicted molar refractivity (Wildman–Crippen MR) is 68.2 cm³/mol. The molecule has 0 fully saturated rings. The molecule has 1 aliphatic heterocycles. The molecule has 2 aromatic rings. The van der Waals surface area contributed by atoms with Crippen LogP contribution in [0.4, 0.5) is 11.4 Å². The van der Waals surface area contributed by atoms with Crippen molar-refractivity contribution < 1.29 is 9.66 Å². The van der Waals surface area contributed by atoms with Crippen LogP contribution >= 0.6 is 0 Å². The summed E-state index contributed by atoms with van der Waals surface area (Å²) in [6, 6.07) is 4.65. The first-order valence-corrected chi connectivity index (χ1v) is 5.87. The van der Waals surface area contributed by atoms with Crippen molar-refractivity contribution in [2.24, 2.45) is 0 Å². The number of imidazole rings is 1. The Labute approximate surface area is 109 Å². The van der Waals surface area contributed by atoms with Gasteiger partial charge in [-0.2, -0.15) is 0 Å². The minimum Gasteiger partial charge on any atom is -0.490 e. The first kappa shape index (κ1) is 11.5. The van der Waals surface area contributed by atoms with Gasteiger partial charge in [0, 0.05) is 18.3 Å². The van der Waals surface area contributed by atoms with Crippen molar-refractivity contribution in [1.29, 1.82) is 0 Å². The Balaban J connectivity index is 1.93. The number of benzene rings is 1. The molecule has 0 saturated carbocycles. The van der Waals surface area contributed by atoms with Crippen LogP contribution in [0, 0.1) is 10.1 Å². The van der Waals surface area contributed by atoms with Crippen LogP contribution in [0.1, 0.15) is 5.69 Å². The van der Waals surface area contributed by atoms with Gasteiger partial charge in [0.15, 0.2) is 0 Å². The van der Waals surface area contributed by atoms with E-state index in [1.807, 2.05) is 4.90 Å². The van der Waals surface area contributed by atoms with Gasteiger partial charge in [-0.05, 0) is 6.07 Å². The SMILES string of the molecule is O=[N+]([O-])c1ccc2c(c1)N(Cc1cnc[nH]1)CCO2. The molecule has 0 amide bonds. The second kappa shape index (κ2) is 4.60. The second-order valence-electron chi connectivity index (χ2n) is 4.26. The van der Waals surface area contributed by atoms with E-state index in [4.69, 9.17) is 4.74 Å². The van der Waals surface area contributed by atoms with Gasteiger partial charge in [-0.15, -0.1) is 0 Å². The number of rotatable bonds is 3. The molecule has 0 aliphatic carbocycles. The average Bonchev–Trinajstić information content (AvgIpc) is 2.91. The molecule has 1 aliphatic rings. The maximum absolute atomic E-state index is 10.8. The van der Waals surface area contributed by atoms with E-state index in [1.54, 1.807) is 24.7 Å². The van der Waals surface area contributed by atoms with Crippen molar-refractivity contribution in [3.8, 4) is 5.75 Å². The molecule has 0 saturated heterocycles. The molecule has 7 nitrogen and oxygen atoms in total. The van der Waals surface area contributed by atoms with Gasteiger partial charge in [-0.3, -0.25) is 10.1 Å². The summed E-state index contributed by atoms with van der Waals surface area (Å²) in [5.41, 5.74) is 1.77. The number of nitro benzene ring substituents is 1. The van der Waals surface area contributed by atoms with E-state index in [1.165, 1.54) is 6.07 Å². The summed E-state index contributed by atoms with van der Waals surface area (Å²) < 4.78 is 5.52. The van der Waals surface area contributed by atoms with Crippen molar-refractivity contribution in [3.05, 3.63) is 46.5 Å². The molecular formula is C12H12N4O3. The van der Waals surface area contributed by atoms with Crippen LogP contribution < -0.4 is 9.64 Å². The lowest BCUT2D eigenvalue weighted by molar-refractivity contribution is -0.384. The number of nitrogens with one attached hydrogen (secondary N) is 1. The van der Waals surface area contributed by atoms with E-state index < -0.39 is 4.92 Å². The van der Waals surface area contributed by atoms with Gasteiger partial charge >= 0.3 is 0 Å². The number of aromatic amines is 1. The summed E-state index contributed by atoms with van der Waals surface area (Å²) in [5, 5.41) is 10.8. The van der Waals surface area contributed by atoms with E-state index in [2.05, 4.69) is 9.97 Å². The third kappa shape index (κ3) is 2.22.